The van der Waals surface area contributed by atoms with Crippen molar-refractivity contribution in [2.45, 2.75) is 45.7 Å². The summed E-state index contributed by atoms with van der Waals surface area (Å²) < 4.78 is 20.0. The van der Waals surface area contributed by atoms with Crippen molar-refractivity contribution in [3.05, 3.63) is 58.9 Å². The van der Waals surface area contributed by atoms with Gasteiger partial charge in [-0.3, -0.25) is 0 Å². The number of rotatable bonds is 6. The highest BCUT2D eigenvalue weighted by Gasteiger charge is 2.32. The maximum absolute atomic E-state index is 14.4. The quantitative estimate of drug-likeness (QED) is 0.637. The van der Waals surface area contributed by atoms with E-state index in [4.69, 9.17) is 4.74 Å². The summed E-state index contributed by atoms with van der Waals surface area (Å²) in [6, 6.07) is 11.9. The lowest BCUT2D eigenvalue weighted by molar-refractivity contribution is 0.399. The van der Waals surface area contributed by atoms with Gasteiger partial charge in [0.15, 0.2) is 0 Å². The normalized spacial score (nSPS) is 12.1. The fourth-order valence-corrected chi connectivity index (χ4v) is 4.61. The van der Waals surface area contributed by atoms with Gasteiger partial charge in [0.1, 0.15) is 11.6 Å². The molecule has 0 N–H and O–H groups in total. The summed E-state index contributed by atoms with van der Waals surface area (Å²) >= 11 is 0. The third-order valence-electron chi connectivity index (χ3n) is 4.58. The molecule has 0 bridgehead atoms. The molecule has 124 valence electrons. The summed E-state index contributed by atoms with van der Waals surface area (Å²) in [6.07, 6.45) is 1.91. The fourth-order valence-electron chi connectivity index (χ4n) is 3.05. The molecule has 1 unspecified atom stereocenters. The van der Waals surface area contributed by atoms with E-state index in [2.05, 4.69) is 32.9 Å². The molecule has 3 heteroatoms. The highest BCUT2D eigenvalue weighted by atomic mass is 31.1. The van der Waals surface area contributed by atoms with Crippen LogP contribution in [0, 0.1) is 19.7 Å². The van der Waals surface area contributed by atoms with E-state index in [0.29, 0.717) is 8.58 Å². The van der Waals surface area contributed by atoms with E-state index in [1.165, 1.54) is 11.1 Å². The van der Waals surface area contributed by atoms with E-state index in [9.17, 15) is 4.39 Å². The van der Waals surface area contributed by atoms with Gasteiger partial charge in [-0.1, -0.05) is 52.3 Å². The molecule has 0 aliphatic rings. The van der Waals surface area contributed by atoms with Crippen molar-refractivity contribution in [3.63, 3.8) is 0 Å². The van der Waals surface area contributed by atoms with Gasteiger partial charge in [0.2, 0.25) is 0 Å². The van der Waals surface area contributed by atoms with Crippen LogP contribution in [-0.4, -0.2) is 7.11 Å². The molecule has 0 amide bonds. The zero-order valence-corrected chi connectivity index (χ0v) is 15.7. The van der Waals surface area contributed by atoms with Crippen LogP contribution in [0.2, 0.25) is 0 Å². The lowest BCUT2D eigenvalue weighted by Crippen LogP contribution is -2.23. The van der Waals surface area contributed by atoms with Crippen molar-refractivity contribution in [1.29, 1.82) is 0 Å². The summed E-state index contributed by atoms with van der Waals surface area (Å²) in [6.45, 7) is 8.38. The van der Waals surface area contributed by atoms with Crippen molar-refractivity contribution in [2.75, 3.05) is 7.11 Å². The van der Waals surface area contributed by atoms with E-state index < -0.39 is 0 Å². The number of ether oxygens (including phenoxy) is 1. The summed E-state index contributed by atoms with van der Waals surface area (Å²) in [5.74, 6) is 0.806. The highest BCUT2D eigenvalue weighted by Crippen LogP contribution is 2.50. The lowest BCUT2D eigenvalue weighted by Gasteiger charge is -2.34. The molecule has 0 aromatic heterocycles. The maximum atomic E-state index is 14.4. The maximum Gasteiger partial charge on any atom is 0.130 e. The minimum atomic E-state index is -0.0961. The van der Waals surface area contributed by atoms with Crippen LogP contribution in [0.1, 0.15) is 43.4 Å². The Labute approximate surface area is 141 Å². The molecular weight excluding hydrogens is 306 g/mol. The summed E-state index contributed by atoms with van der Waals surface area (Å²) in [4.78, 5) is 0. The van der Waals surface area contributed by atoms with Crippen molar-refractivity contribution in [2.24, 2.45) is 0 Å². The Bertz CT molecular complexity index is 677. The third kappa shape index (κ3) is 3.75. The standard InChI is InChI=1S/C20H26FOP/c1-6-20(7-2,16-12-14(3)8-10-18(16)22-5)23-19-11-9-15(4)13-17(19)21/h8-13,23H,6-7H2,1-5H3. The molecule has 0 saturated carbocycles. The Balaban J connectivity index is 2.53. The Morgan fingerprint density at radius 1 is 1.00 bits per heavy atom. The number of hydrogen-bond acceptors (Lipinski definition) is 1. The van der Waals surface area contributed by atoms with Gasteiger partial charge in [0.25, 0.3) is 0 Å². The molecule has 0 aliphatic heterocycles. The molecule has 0 aliphatic carbocycles. The Morgan fingerprint density at radius 3 is 2.17 bits per heavy atom. The van der Waals surface area contributed by atoms with E-state index in [0.717, 1.165) is 29.5 Å². The van der Waals surface area contributed by atoms with Crippen LogP contribution in [0.15, 0.2) is 36.4 Å². The monoisotopic (exact) mass is 332 g/mol. The van der Waals surface area contributed by atoms with Gasteiger partial charge in [0, 0.05) is 16.0 Å². The topological polar surface area (TPSA) is 9.23 Å². The first-order chi connectivity index (χ1) is 11.0. The van der Waals surface area contributed by atoms with Crippen LogP contribution < -0.4 is 10.0 Å². The van der Waals surface area contributed by atoms with Gasteiger partial charge >= 0.3 is 0 Å². The molecule has 23 heavy (non-hydrogen) atoms. The predicted octanol–water partition coefficient (Wildman–Crippen LogP) is 5.47. The van der Waals surface area contributed by atoms with Gasteiger partial charge in [-0.2, -0.15) is 0 Å². The van der Waals surface area contributed by atoms with E-state index >= 15 is 0 Å². The van der Waals surface area contributed by atoms with Gasteiger partial charge in [0.05, 0.1) is 7.11 Å². The molecule has 1 nitrogen and oxygen atoms in total. The Morgan fingerprint density at radius 2 is 1.61 bits per heavy atom. The van der Waals surface area contributed by atoms with Gasteiger partial charge in [-0.25, -0.2) is 4.39 Å². The molecule has 2 rings (SSSR count). The molecule has 1 atom stereocenters. The first-order valence-corrected chi connectivity index (χ1v) is 9.15. The van der Waals surface area contributed by atoms with Crippen molar-refractivity contribution in [3.8, 4) is 5.75 Å². The molecule has 0 radical (unpaired) electrons. The molecule has 2 aromatic rings. The van der Waals surface area contributed by atoms with Crippen LogP contribution in [0.5, 0.6) is 5.75 Å². The molecular formula is C20H26FOP. The third-order valence-corrected chi connectivity index (χ3v) is 6.71. The number of aryl methyl sites for hydroxylation is 2. The van der Waals surface area contributed by atoms with Crippen LogP contribution in [0.25, 0.3) is 0 Å². The highest BCUT2D eigenvalue weighted by molar-refractivity contribution is 7.48. The predicted molar refractivity (Wildman–Crippen MR) is 99.1 cm³/mol. The lowest BCUT2D eigenvalue weighted by atomic mass is 9.90. The molecule has 0 saturated heterocycles. The molecule has 2 aromatic carbocycles. The molecule has 0 heterocycles. The minimum absolute atomic E-state index is 0.0898. The smallest absolute Gasteiger partial charge is 0.130 e. The SMILES string of the molecule is CCC(CC)(Pc1ccc(C)cc1F)c1cc(C)ccc1OC. The number of methoxy groups -OCH3 is 1. The first kappa shape index (κ1) is 17.9. The van der Waals surface area contributed by atoms with Gasteiger partial charge < -0.3 is 4.74 Å². The average Bonchev–Trinajstić information content (AvgIpc) is 2.55. The number of hydrogen-bond donors (Lipinski definition) is 0. The Kier molecular flexibility index (Phi) is 5.81. The van der Waals surface area contributed by atoms with Crippen LogP contribution in [-0.2, 0) is 5.16 Å². The van der Waals surface area contributed by atoms with Crippen molar-refractivity contribution in [1.82, 2.24) is 0 Å². The second kappa shape index (κ2) is 7.45. The largest absolute Gasteiger partial charge is 0.496 e. The van der Waals surface area contributed by atoms with Crippen LogP contribution in [0.4, 0.5) is 4.39 Å². The summed E-state index contributed by atoms with van der Waals surface area (Å²) in [7, 11) is 2.09. The number of benzene rings is 2. The summed E-state index contributed by atoms with van der Waals surface area (Å²) in [5, 5.41) is 0.718. The first-order valence-electron chi connectivity index (χ1n) is 8.15. The molecule has 0 spiro atoms. The average molecular weight is 332 g/mol. The van der Waals surface area contributed by atoms with E-state index in [1.807, 2.05) is 25.1 Å². The second-order valence-corrected chi connectivity index (χ2v) is 7.85. The zero-order chi connectivity index (χ0) is 17.0. The van der Waals surface area contributed by atoms with Crippen molar-refractivity contribution < 1.29 is 9.13 Å². The van der Waals surface area contributed by atoms with Gasteiger partial charge in [-0.05, 0) is 44.4 Å². The van der Waals surface area contributed by atoms with Gasteiger partial charge in [-0.15, -0.1) is 0 Å². The second-order valence-electron chi connectivity index (χ2n) is 6.10. The Hall–Kier alpha value is -1.40. The van der Waals surface area contributed by atoms with E-state index in [-0.39, 0.29) is 11.0 Å². The molecule has 0 fully saturated rings. The van der Waals surface area contributed by atoms with Crippen molar-refractivity contribution >= 4 is 13.9 Å². The summed E-state index contributed by atoms with van der Waals surface area (Å²) in [5.41, 5.74) is 3.37. The van der Waals surface area contributed by atoms with Crippen LogP contribution in [0.3, 0.4) is 0 Å². The number of halogens is 1. The van der Waals surface area contributed by atoms with E-state index in [1.54, 1.807) is 13.2 Å². The zero-order valence-electron chi connectivity index (χ0n) is 14.7. The van der Waals surface area contributed by atoms with Crippen LogP contribution >= 0.6 is 8.58 Å². The fraction of sp³-hybridized carbons (Fsp3) is 0.400. The minimum Gasteiger partial charge on any atom is -0.496 e.